The molecule has 2 rings (SSSR count). The number of hydrogen-bond donors (Lipinski definition) is 5. The molecule has 0 radical (unpaired) electrons. The Morgan fingerprint density at radius 3 is 2.56 bits per heavy atom. The van der Waals surface area contributed by atoms with Crippen LogP contribution in [0.15, 0.2) is 11.7 Å². The monoisotopic (exact) mass is 442 g/mol. The minimum atomic E-state index is -5.12. The molecule has 27 heavy (non-hydrogen) atoms. The number of nitrogen functional groups attached to an aromatic ring is 1. The van der Waals surface area contributed by atoms with Crippen LogP contribution in [-0.2, 0) is 30.9 Å². The van der Waals surface area contributed by atoms with E-state index in [1.807, 2.05) is 17.0 Å². The first kappa shape index (κ1) is 23.8. The van der Waals surface area contributed by atoms with E-state index >= 15 is 0 Å². The highest BCUT2D eigenvalue weighted by Gasteiger charge is 2.32. The Morgan fingerprint density at radius 2 is 1.96 bits per heavy atom. The van der Waals surface area contributed by atoms with Gasteiger partial charge in [0.2, 0.25) is 5.51 Å². The normalized spacial score (nSPS) is 13.8. The quantitative estimate of drug-likeness (QED) is 0.288. The van der Waals surface area contributed by atoms with E-state index in [1.54, 1.807) is 13.1 Å². The molecule has 2 aromatic rings. The molecule has 0 aliphatic carbocycles. The van der Waals surface area contributed by atoms with Gasteiger partial charge >= 0.3 is 15.6 Å². The van der Waals surface area contributed by atoms with E-state index in [9.17, 15) is 14.0 Å². The molecular weight excluding hydrogens is 420 g/mol. The van der Waals surface area contributed by atoms with Crippen molar-refractivity contribution in [1.29, 1.82) is 0 Å². The zero-order valence-electron chi connectivity index (χ0n) is 14.7. The summed E-state index contributed by atoms with van der Waals surface area (Å²) >= 11 is 1.40. The lowest BCUT2D eigenvalue weighted by molar-refractivity contribution is -0.689. The highest BCUT2D eigenvalue weighted by molar-refractivity contribution is 7.60. The van der Waals surface area contributed by atoms with Gasteiger partial charge in [-0.3, -0.25) is 4.52 Å². The molecule has 0 bridgehead atoms. The van der Waals surface area contributed by atoms with Crippen LogP contribution in [-0.4, -0.2) is 31.3 Å². The third kappa shape index (κ3) is 7.34. The molecule has 2 aromatic heterocycles. The van der Waals surface area contributed by atoms with E-state index < -0.39 is 15.6 Å². The summed E-state index contributed by atoms with van der Waals surface area (Å²) in [7, 11) is -9.94. The Bertz CT molecular complexity index is 887. The fraction of sp³-hybridized carbons (Fsp3) is 0.417. The van der Waals surface area contributed by atoms with Crippen LogP contribution in [0.25, 0.3) is 0 Å². The summed E-state index contributed by atoms with van der Waals surface area (Å²) in [6.07, 6.45) is 1.92. The maximum atomic E-state index is 11.4. The smallest absolute Gasteiger partial charge is 0.383 e. The van der Waals surface area contributed by atoms with E-state index in [-0.39, 0.29) is 19.2 Å². The van der Waals surface area contributed by atoms with Crippen molar-refractivity contribution >= 4 is 32.8 Å². The Morgan fingerprint density at radius 1 is 1.30 bits per heavy atom. The van der Waals surface area contributed by atoms with Gasteiger partial charge in [0.25, 0.3) is 0 Å². The number of aromatic nitrogens is 3. The summed E-state index contributed by atoms with van der Waals surface area (Å²) in [5.41, 5.74) is 9.40. The fourth-order valence-corrected chi connectivity index (χ4v) is 4.64. The van der Waals surface area contributed by atoms with Crippen molar-refractivity contribution in [2.75, 3.05) is 12.3 Å². The number of aryl methyl sites for hydroxylation is 1. The van der Waals surface area contributed by atoms with Gasteiger partial charge in [0.1, 0.15) is 11.6 Å². The second-order valence-electron chi connectivity index (χ2n) is 5.31. The molecule has 1 unspecified atom stereocenters. The zero-order chi connectivity index (χ0) is 19.5. The van der Waals surface area contributed by atoms with Crippen molar-refractivity contribution in [2.45, 2.75) is 26.8 Å². The van der Waals surface area contributed by atoms with Crippen LogP contribution in [0, 0.1) is 13.8 Å². The summed E-state index contributed by atoms with van der Waals surface area (Å²) in [5.74, 6) is 0.985. The van der Waals surface area contributed by atoms with Crippen LogP contribution in [0.5, 0.6) is 0 Å². The van der Waals surface area contributed by atoms with Crippen LogP contribution in [0.3, 0.4) is 0 Å². The summed E-state index contributed by atoms with van der Waals surface area (Å²) in [6, 6.07) is 0. The fourth-order valence-electron chi connectivity index (χ4n) is 2.08. The van der Waals surface area contributed by atoms with E-state index in [0.29, 0.717) is 18.2 Å². The first-order chi connectivity index (χ1) is 12.0. The van der Waals surface area contributed by atoms with Gasteiger partial charge in [0.05, 0.1) is 17.0 Å². The molecule has 2 heterocycles. The molecule has 0 aliphatic heterocycles. The number of phosphoric ester groups is 1. The molecule has 12 nitrogen and oxygen atoms in total. The maximum absolute atomic E-state index is 11.4. The maximum Gasteiger partial charge on any atom is 0.481 e. The topological polar surface area (TPSA) is 204 Å². The highest BCUT2D eigenvalue weighted by atomic mass is 32.1. The Balaban J connectivity index is 0.00000364. The van der Waals surface area contributed by atoms with E-state index in [0.717, 1.165) is 16.1 Å². The first-order valence-corrected chi connectivity index (χ1v) is 11.2. The van der Waals surface area contributed by atoms with Gasteiger partial charge in [-0.05, 0) is 6.92 Å². The zero-order valence-corrected chi connectivity index (χ0v) is 17.3. The summed E-state index contributed by atoms with van der Waals surface area (Å²) in [5, 5.41) is 0. The third-order valence-corrected chi connectivity index (χ3v) is 6.64. The van der Waals surface area contributed by atoms with Gasteiger partial charge in [0.15, 0.2) is 12.2 Å². The number of nitrogens with zero attached hydrogens (tertiary/aromatic N) is 3. The number of rotatable bonds is 8. The molecule has 0 saturated carbocycles. The number of hydrogen-bond acceptors (Lipinski definition) is 9. The molecular formula is C12H22N5O7P2S+. The van der Waals surface area contributed by atoms with Gasteiger partial charge in [-0.2, -0.15) is 8.88 Å². The Hall–Kier alpha value is -1.27. The Kier molecular flexibility index (Phi) is 8.17. The molecule has 0 saturated heterocycles. The predicted octanol–water partition coefficient (Wildman–Crippen LogP) is 1.00. The van der Waals surface area contributed by atoms with E-state index in [4.69, 9.17) is 15.5 Å². The van der Waals surface area contributed by atoms with Crippen LogP contribution < -0.4 is 16.5 Å². The van der Waals surface area contributed by atoms with Crippen LogP contribution in [0.1, 0.15) is 22.0 Å². The second-order valence-corrected chi connectivity index (χ2v) is 9.08. The molecule has 0 aromatic carbocycles. The van der Waals surface area contributed by atoms with Crippen molar-refractivity contribution in [3.8, 4) is 0 Å². The lowest BCUT2D eigenvalue weighted by Crippen LogP contribution is -2.35. The first-order valence-electron chi connectivity index (χ1n) is 7.25. The summed E-state index contributed by atoms with van der Waals surface area (Å²) in [4.78, 5) is 35.4. The predicted molar refractivity (Wildman–Crippen MR) is 97.2 cm³/mol. The minimum absolute atomic E-state index is 0. The number of anilines is 1. The average molecular weight is 442 g/mol. The molecule has 152 valence electrons. The minimum Gasteiger partial charge on any atom is -0.383 e. The SMILES string of the molecule is Cc1ncc(C[n+]2csc(CCOP(=O)(O)OP(=O)(O)O)c2C)c(N)n1.N. The molecule has 0 spiro atoms. The van der Waals surface area contributed by atoms with Crippen molar-refractivity contribution < 1.29 is 37.2 Å². The molecule has 0 amide bonds. The molecule has 0 fully saturated rings. The average Bonchev–Trinajstić information content (AvgIpc) is 2.80. The van der Waals surface area contributed by atoms with Crippen LogP contribution >= 0.6 is 27.0 Å². The van der Waals surface area contributed by atoms with Crippen molar-refractivity contribution in [1.82, 2.24) is 16.1 Å². The largest absolute Gasteiger partial charge is 0.481 e. The van der Waals surface area contributed by atoms with E-state index in [1.165, 1.54) is 11.3 Å². The van der Waals surface area contributed by atoms with Gasteiger partial charge in [-0.1, -0.05) is 11.3 Å². The van der Waals surface area contributed by atoms with Gasteiger partial charge in [-0.15, -0.1) is 0 Å². The van der Waals surface area contributed by atoms with Crippen LogP contribution in [0.2, 0.25) is 0 Å². The number of phosphoric acid groups is 2. The van der Waals surface area contributed by atoms with Crippen molar-refractivity contribution in [3.05, 3.63) is 33.7 Å². The molecule has 0 aliphatic rings. The number of nitrogens with two attached hydrogens (primary N) is 1. The lowest BCUT2D eigenvalue weighted by atomic mass is 10.2. The van der Waals surface area contributed by atoms with Crippen LogP contribution in [0.4, 0.5) is 5.82 Å². The third-order valence-electron chi connectivity index (χ3n) is 3.31. The van der Waals surface area contributed by atoms with Crippen molar-refractivity contribution in [3.63, 3.8) is 0 Å². The van der Waals surface area contributed by atoms with Crippen molar-refractivity contribution in [2.24, 2.45) is 0 Å². The number of thiazole rings is 1. The highest BCUT2D eigenvalue weighted by Crippen LogP contribution is 2.57. The summed E-state index contributed by atoms with van der Waals surface area (Å²) < 4.78 is 32.2. The molecule has 8 N–H and O–H groups in total. The standard InChI is InChI=1S/C12H18N4O7P2S.H3N/c1-8-11(3-4-22-25(20,21)23-24(17,18)19)26-7-16(8)6-10-5-14-9(2)15-12(10)13;/h5,7H,3-4,6H2,1-2H3,(H4-,13,14,15,17,18,19,20,21);1H3/p+1. The molecule has 1 atom stereocenters. The van der Waals surface area contributed by atoms with E-state index in [2.05, 4.69) is 18.8 Å². The second kappa shape index (κ2) is 9.28. The summed E-state index contributed by atoms with van der Waals surface area (Å²) in [6.45, 7) is 3.83. The molecule has 15 heteroatoms. The lowest BCUT2D eigenvalue weighted by Gasteiger charge is -2.11. The Labute approximate surface area is 159 Å². The van der Waals surface area contributed by atoms with Gasteiger partial charge in [0, 0.05) is 19.5 Å². The van der Waals surface area contributed by atoms with Gasteiger partial charge in [-0.25, -0.2) is 19.1 Å². The van der Waals surface area contributed by atoms with Gasteiger partial charge < -0.3 is 26.6 Å².